The minimum atomic E-state index is -4.61. The number of halogens is 5. The molecule has 3 nitrogen and oxygen atoms in total. The summed E-state index contributed by atoms with van der Waals surface area (Å²) in [4.78, 5) is 17.2. The maximum atomic E-state index is 12.1. The largest absolute Gasteiger partial charge is 0.416 e. The minimum Gasteiger partial charge on any atom is -0.321 e. The molecular formula is C7H8Cl2F3O3P. The van der Waals surface area contributed by atoms with Crippen LogP contribution >= 0.6 is 32.4 Å². The lowest BCUT2D eigenvalue weighted by Crippen LogP contribution is -2.11. The Kier molecular flexibility index (Phi) is 6.67. The molecule has 2 N–H and O–H groups in total. The average molecular weight is 299 g/mol. The Bertz CT molecular complexity index is 391. The van der Waals surface area contributed by atoms with E-state index in [1.165, 1.54) is 0 Å². The lowest BCUT2D eigenvalue weighted by molar-refractivity contribution is -0.137. The van der Waals surface area contributed by atoms with Crippen molar-refractivity contribution < 1.29 is 27.5 Å². The van der Waals surface area contributed by atoms with Crippen LogP contribution in [-0.2, 0) is 10.7 Å². The third kappa shape index (κ3) is 4.72. The summed E-state index contributed by atoms with van der Waals surface area (Å²) >= 11 is 0. The zero-order valence-corrected chi connectivity index (χ0v) is 10.0. The molecule has 9 heteroatoms. The highest BCUT2D eigenvalue weighted by molar-refractivity contribution is 7.60. The Labute approximate surface area is 102 Å². The van der Waals surface area contributed by atoms with Crippen LogP contribution in [0.5, 0.6) is 0 Å². The van der Waals surface area contributed by atoms with E-state index < -0.39 is 24.6 Å². The molecule has 0 spiro atoms. The third-order valence-electron chi connectivity index (χ3n) is 1.51. The monoisotopic (exact) mass is 298 g/mol. The Morgan fingerprint density at radius 2 is 1.62 bits per heavy atom. The van der Waals surface area contributed by atoms with E-state index >= 15 is 0 Å². The molecule has 16 heavy (non-hydrogen) atoms. The lowest BCUT2D eigenvalue weighted by Gasteiger charge is -2.09. The molecule has 0 unspecified atom stereocenters. The molecule has 0 amide bonds. The van der Waals surface area contributed by atoms with E-state index in [0.29, 0.717) is 6.07 Å². The fraction of sp³-hybridized carbons (Fsp3) is 0.143. The molecular weight excluding hydrogens is 291 g/mol. The van der Waals surface area contributed by atoms with Crippen molar-refractivity contribution in [1.29, 1.82) is 0 Å². The fourth-order valence-electron chi connectivity index (χ4n) is 0.863. The fourth-order valence-corrected chi connectivity index (χ4v) is 1.45. The zero-order chi connectivity index (χ0) is 11.0. The molecule has 0 aliphatic heterocycles. The standard InChI is InChI=1S/C7H6F3O3P.2ClH/c8-7(9,10)5-2-1-3-6(4-5)14(11,12)13;;/h1-4H,(H2,11,12,13);2*1H. The average Bonchev–Trinajstić information content (AvgIpc) is 2.01. The van der Waals surface area contributed by atoms with Crippen LogP contribution in [0, 0.1) is 0 Å². The van der Waals surface area contributed by atoms with Crippen LogP contribution in [0.1, 0.15) is 5.56 Å². The van der Waals surface area contributed by atoms with Gasteiger partial charge in [0.05, 0.1) is 10.9 Å². The van der Waals surface area contributed by atoms with Crippen molar-refractivity contribution in [1.82, 2.24) is 0 Å². The van der Waals surface area contributed by atoms with Crippen molar-refractivity contribution in [2.45, 2.75) is 6.18 Å². The van der Waals surface area contributed by atoms with Gasteiger partial charge in [0.25, 0.3) is 0 Å². The maximum absolute atomic E-state index is 12.1. The summed E-state index contributed by atoms with van der Waals surface area (Å²) in [6.07, 6.45) is -4.59. The minimum absolute atomic E-state index is 0. The normalized spacial score (nSPS) is 11.3. The molecule has 0 fully saturated rings. The molecule has 0 atom stereocenters. The van der Waals surface area contributed by atoms with Gasteiger partial charge in [0.2, 0.25) is 0 Å². The zero-order valence-electron chi connectivity index (χ0n) is 7.51. The molecule has 0 heterocycles. The van der Waals surface area contributed by atoms with Gasteiger partial charge in [0, 0.05) is 0 Å². The van der Waals surface area contributed by atoms with Gasteiger partial charge in [-0.05, 0) is 18.2 Å². The second-order valence-corrected chi connectivity index (χ2v) is 4.20. The van der Waals surface area contributed by atoms with Crippen molar-refractivity contribution in [3.05, 3.63) is 29.8 Å². The number of alkyl halides is 3. The SMILES string of the molecule is Cl.Cl.O=P(O)(O)c1cccc(C(F)(F)F)c1. The van der Waals surface area contributed by atoms with Crippen LogP contribution in [0.25, 0.3) is 0 Å². The van der Waals surface area contributed by atoms with Gasteiger partial charge in [-0.2, -0.15) is 13.2 Å². The van der Waals surface area contributed by atoms with Gasteiger partial charge in [-0.25, -0.2) is 0 Å². The predicted octanol–water partition coefficient (Wildman–Crippen LogP) is 2.35. The number of rotatable bonds is 1. The molecule has 0 bridgehead atoms. The highest BCUT2D eigenvalue weighted by Gasteiger charge is 2.32. The number of hydrogen-bond acceptors (Lipinski definition) is 1. The molecule has 1 aromatic carbocycles. The third-order valence-corrected chi connectivity index (χ3v) is 2.46. The van der Waals surface area contributed by atoms with Gasteiger partial charge in [-0.3, -0.25) is 4.57 Å². The summed E-state index contributed by atoms with van der Waals surface area (Å²) in [5.74, 6) is 0. The van der Waals surface area contributed by atoms with Crippen LogP contribution in [0.4, 0.5) is 13.2 Å². The van der Waals surface area contributed by atoms with Crippen molar-refractivity contribution in [2.24, 2.45) is 0 Å². The molecule has 94 valence electrons. The summed E-state index contributed by atoms with van der Waals surface area (Å²) in [5.41, 5.74) is -1.07. The first kappa shape index (κ1) is 18.1. The van der Waals surface area contributed by atoms with Crippen molar-refractivity contribution in [3.8, 4) is 0 Å². The van der Waals surface area contributed by atoms with Gasteiger partial charge < -0.3 is 9.79 Å². The summed E-state index contributed by atoms with van der Waals surface area (Å²) in [6.45, 7) is 0. The van der Waals surface area contributed by atoms with Gasteiger partial charge in [-0.1, -0.05) is 6.07 Å². The number of benzene rings is 1. The summed E-state index contributed by atoms with van der Waals surface area (Å²) < 4.78 is 46.9. The second kappa shape index (κ2) is 5.89. The summed E-state index contributed by atoms with van der Waals surface area (Å²) in [6, 6.07) is 3.10. The molecule has 0 radical (unpaired) electrons. The second-order valence-electron chi connectivity index (χ2n) is 2.59. The number of hydrogen-bond donors (Lipinski definition) is 2. The lowest BCUT2D eigenvalue weighted by atomic mass is 10.2. The van der Waals surface area contributed by atoms with Gasteiger partial charge in [-0.15, -0.1) is 24.8 Å². The molecule has 0 aliphatic rings. The smallest absolute Gasteiger partial charge is 0.321 e. The Morgan fingerprint density at radius 3 is 2.00 bits per heavy atom. The highest BCUT2D eigenvalue weighted by Crippen LogP contribution is 2.36. The van der Waals surface area contributed by atoms with Gasteiger partial charge in [0.15, 0.2) is 0 Å². The van der Waals surface area contributed by atoms with Crippen molar-refractivity contribution in [2.75, 3.05) is 0 Å². The summed E-state index contributed by atoms with van der Waals surface area (Å²) in [7, 11) is -4.61. The van der Waals surface area contributed by atoms with Gasteiger partial charge >= 0.3 is 13.8 Å². The topological polar surface area (TPSA) is 57.5 Å². The van der Waals surface area contributed by atoms with Crippen molar-refractivity contribution in [3.63, 3.8) is 0 Å². The first-order valence-corrected chi connectivity index (χ1v) is 5.06. The first-order chi connectivity index (χ1) is 6.21. The van der Waals surface area contributed by atoms with Crippen LogP contribution in [-0.4, -0.2) is 9.79 Å². The van der Waals surface area contributed by atoms with Crippen LogP contribution in [0.15, 0.2) is 24.3 Å². The van der Waals surface area contributed by atoms with E-state index in [1.54, 1.807) is 0 Å². The van der Waals surface area contributed by atoms with Crippen LogP contribution in [0.3, 0.4) is 0 Å². The first-order valence-electron chi connectivity index (χ1n) is 3.44. The molecule has 0 saturated carbocycles. The van der Waals surface area contributed by atoms with Crippen molar-refractivity contribution >= 4 is 37.7 Å². The van der Waals surface area contributed by atoms with E-state index in [1.807, 2.05) is 0 Å². The molecule has 1 rings (SSSR count). The molecule has 0 aliphatic carbocycles. The predicted molar refractivity (Wildman–Crippen MR) is 57.6 cm³/mol. The quantitative estimate of drug-likeness (QED) is 0.783. The Morgan fingerprint density at radius 1 is 1.12 bits per heavy atom. The van der Waals surface area contributed by atoms with Crippen LogP contribution in [0.2, 0.25) is 0 Å². The van der Waals surface area contributed by atoms with E-state index in [2.05, 4.69) is 0 Å². The van der Waals surface area contributed by atoms with E-state index in [0.717, 1.165) is 18.2 Å². The Balaban J connectivity index is 0. The maximum Gasteiger partial charge on any atom is 0.416 e. The summed E-state index contributed by atoms with van der Waals surface area (Å²) in [5, 5.41) is -0.632. The van der Waals surface area contributed by atoms with Crippen LogP contribution < -0.4 is 5.30 Å². The van der Waals surface area contributed by atoms with E-state index in [-0.39, 0.29) is 24.8 Å². The molecule has 0 saturated heterocycles. The molecule has 1 aromatic rings. The Hall–Kier alpha value is -0.260. The van der Waals surface area contributed by atoms with Gasteiger partial charge in [0.1, 0.15) is 0 Å². The molecule has 0 aromatic heterocycles. The van der Waals surface area contributed by atoms with E-state index in [4.69, 9.17) is 9.79 Å². The van der Waals surface area contributed by atoms with E-state index in [9.17, 15) is 17.7 Å². The highest BCUT2D eigenvalue weighted by atomic mass is 35.5.